The molecule has 0 fully saturated rings. The predicted molar refractivity (Wildman–Crippen MR) is 125 cm³/mol. The van der Waals surface area contributed by atoms with Gasteiger partial charge in [0, 0.05) is 17.9 Å². The van der Waals surface area contributed by atoms with E-state index in [4.69, 9.17) is 19.6 Å². The Hall–Kier alpha value is -3.39. The zero-order valence-corrected chi connectivity index (χ0v) is 19.0. The van der Waals surface area contributed by atoms with Crippen molar-refractivity contribution in [3.8, 4) is 16.6 Å². The maximum absolute atomic E-state index is 12.7. The third-order valence-corrected chi connectivity index (χ3v) is 6.53. The number of aromatic nitrogens is 3. The SMILES string of the molecule is CCOc1ccc([C@H]2CC(=O)Nc3c2c(C)nn3-c2nc3ccc(OCC)cc3s2)cc1. The van der Waals surface area contributed by atoms with Crippen LogP contribution in [0.25, 0.3) is 15.3 Å². The molecule has 0 unspecified atom stereocenters. The number of thiazole rings is 1. The van der Waals surface area contributed by atoms with Gasteiger partial charge in [0.1, 0.15) is 17.3 Å². The Morgan fingerprint density at radius 1 is 1.09 bits per heavy atom. The van der Waals surface area contributed by atoms with Crippen LogP contribution in [0, 0.1) is 6.92 Å². The molecule has 1 atom stereocenters. The van der Waals surface area contributed by atoms with Gasteiger partial charge in [0.05, 0.1) is 29.1 Å². The number of nitrogens with zero attached hydrogens (tertiary/aromatic N) is 3. The molecule has 0 saturated heterocycles. The van der Waals surface area contributed by atoms with E-state index in [2.05, 4.69) is 5.32 Å². The average molecular weight is 449 g/mol. The minimum Gasteiger partial charge on any atom is -0.494 e. The van der Waals surface area contributed by atoms with Crippen LogP contribution < -0.4 is 14.8 Å². The Morgan fingerprint density at radius 2 is 1.81 bits per heavy atom. The van der Waals surface area contributed by atoms with E-state index in [9.17, 15) is 4.79 Å². The summed E-state index contributed by atoms with van der Waals surface area (Å²) in [7, 11) is 0. The lowest BCUT2D eigenvalue weighted by molar-refractivity contribution is -0.116. The van der Waals surface area contributed by atoms with E-state index in [-0.39, 0.29) is 11.8 Å². The lowest BCUT2D eigenvalue weighted by atomic mass is 9.86. The molecule has 1 N–H and O–H groups in total. The lowest BCUT2D eigenvalue weighted by Gasteiger charge is -2.24. The van der Waals surface area contributed by atoms with Crippen molar-refractivity contribution in [3.05, 3.63) is 59.3 Å². The first-order valence-corrected chi connectivity index (χ1v) is 11.5. The third-order valence-electron chi connectivity index (χ3n) is 5.54. The Morgan fingerprint density at radius 3 is 2.56 bits per heavy atom. The molecule has 8 heteroatoms. The average Bonchev–Trinajstić information content (AvgIpc) is 3.35. The predicted octanol–water partition coefficient (Wildman–Crippen LogP) is 5.06. The molecule has 1 aliphatic heterocycles. The number of amides is 1. The highest BCUT2D eigenvalue weighted by Gasteiger charge is 2.33. The van der Waals surface area contributed by atoms with E-state index in [1.54, 1.807) is 4.68 Å². The fraction of sp³-hybridized carbons (Fsp3) is 0.292. The first-order valence-electron chi connectivity index (χ1n) is 10.7. The van der Waals surface area contributed by atoms with Gasteiger partial charge < -0.3 is 14.8 Å². The number of aryl methyl sites for hydroxylation is 1. The summed E-state index contributed by atoms with van der Waals surface area (Å²) >= 11 is 1.52. The highest BCUT2D eigenvalue weighted by atomic mass is 32.1. The second-order valence-electron chi connectivity index (χ2n) is 7.63. The second kappa shape index (κ2) is 8.27. The van der Waals surface area contributed by atoms with Crippen LogP contribution in [0.3, 0.4) is 0 Å². The maximum atomic E-state index is 12.7. The quantitative estimate of drug-likeness (QED) is 0.446. The summed E-state index contributed by atoms with van der Waals surface area (Å²) in [6.07, 6.45) is 0.380. The van der Waals surface area contributed by atoms with E-state index in [0.29, 0.717) is 30.6 Å². The maximum Gasteiger partial charge on any atom is 0.226 e. The molecule has 0 bridgehead atoms. The molecule has 3 heterocycles. The zero-order chi connectivity index (χ0) is 22.2. The van der Waals surface area contributed by atoms with E-state index >= 15 is 0 Å². The van der Waals surface area contributed by atoms with Gasteiger partial charge in [-0.15, -0.1) is 0 Å². The summed E-state index contributed by atoms with van der Waals surface area (Å²) in [5, 5.41) is 8.52. The molecule has 7 nitrogen and oxygen atoms in total. The van der Waals surface area contributed by atoms with Crippen molar-refractivity contribution < 1.29 is 14.3 Å². The normalized spacial score (nSPS) is 15.5. The zero-order valence-electron chi connectivity index (χ0n) is 18.2. The van der Waals surface area contributed by atoms with Gasteiger partial charge in [-0.2, -0.15) is 9.78 Å². The van der Waals surface area contributed by atoms with Crippen molar-refractivity contribution in [2.24, 2.45) is 0 Å². The van der Waals surface area contributed by atoms with Crippen molar-refractivity contribution in [1.82, 2.24) is 14.8 Å². The topological polar surface area (TPSA) is 78.3 Å². The Kier molecular flexibility index (Phi) is 5.30. The first kappa shape index (κ1) is 20.5. The standard InChI is InChI=1S/C24H24N4O3S/c1-4-30-16-8-6-15(7-9-16)18-13-21(29)26-23-22(18)14(3)27-28(23)24-25-19-11-10-17(31-5-2)12-20(19)32-24/h6-12,18H,4-5,13H2,1-3H3,(H,26,29)/t18-/m1/s1. The number of hydrogen-bond acceptors (Lipinski definition) is 6. The van der Waals surface area contributed by atoms with Crippen molar-refractivity contribution in [1.29, 1.82) is 0 Å². The largest absolute Gasteiger partial charge is 0.494 e. The number of benzene rings is 2. The van der Waals surface area contributed by atoms with Crippen LogP contribution in [0.15, 0.2) is 42.5 Å². The molecule has 0 saturated carbocycles. The highest BCUT2D eigenvalue weighted by Crippen LogP contribution is 2.41. The van der Waals surface area contributed by atoms with Crippen LogP contribution in [0.5, 0.6) is 11.5 Å². The van der Waals surface area contributed by atoms with Gasteiger partial charge in [-0.3, -0.25) is 4.79 Å². The van der Waals surface area contributed by atoms with Crippen molar-refractivity contribution >= 4 is 33.3 Å². The summed E-state index contributed by atoms with van der Waals surface area (Å²) in [4.78, 5) is 17.4. The number of carbonyl (C=O) groups is 1. The van der Waals surface area contributed by atoms with Gasteiger partial charge >= 0.3 is 0 Å². The third kappa shape index (κ3) is 3.60. The smallest absolute Gasteiger partial charge is 0.226 e. The Bertz CT molecular complexity index is 1290. The number of ether oxygens (including phenoxy) is 2. The minimum atomic E-state index is -0.0675. The van der Waals surface area contributed by atoms with Gasteiger partial charge in [-0.25, -0.2) is 4.98 Å². The summed E-state index contributed by atoms with van der Waals surface area (Å²) in [6, 6.07) is 13.8. The van der Waals surface area contributed by atoms with Gasteiger partial charge in [0.2, 0.25) is 11.0 Å². The van der Waals surface area contributed by atoms with Crippen LogP contribution in [-0.4, -0.2) is 33.9 Å². The summed E-state index contributed by atoms with van der Waals surface area (Å²) in [6.45, 7) is 7.14. The molecular formula is C24H24N4O3S. The molecule has 0 aliphatic carbocycles. The molecule has 1 amide bonds. The van der Waals surface area contributed by atoms with E-state index in [1.807, 2.05) is 63.2 Å². The fourth-order valence-corrected chi connectivity index (χ4v) is 5.13. The fourth-order valence-electron chi connectivity index (χ4n) is 4.17. The number of nitrogens with one attached hydrogen (secondary N) is 1. The molecule has 1 aliphatic rings. The lowest BCUT2D eigenvalue weighted by Crippen LogP contribution is -2.24. The number of carbonyl (C=O) groups excluding carboxylic acids is 1. The van der Waals surface area contributed by atoms with Crippen molar-refractivity contribution in [2.45, 2.75) is 33.1 Å². The minimum absolute atomic E-state index is 0.0303. The molecule has 2 aromatic heterocycles. The van der Waals surface area contributed by atoms with Crippen LogP contribution in [0.1, 0.15) is 43.0 Å². The molecule has 0 spiro atoms. The Labute approximate surface area is 190 Å². The van der Waals surface area contributed by atoms with Crippen LogP contribution in [0.2, 0.25) is 0 Å². The molecule has 0 radical (unpaired) electrons. The Balaban J connectivity index is 1.56. The summed E-state index contributed by atoms with van der Waals surface area (Å²) < 4.78 is 14.0. The number of anilines is 1. The van der Waals surface area contributed by atoms with Gasteiger partial charge in [0.25, 0.3) is 0 Å². The van der Waals surface area contributed by atoms with Crippen LogP contribution >= 0.6 is 11.3 Å². The van der Waals surface area contributed by atoms with Crippen LogP contribution in [0.4, 0.5) is 5.82 Å². The number of hydrogen-bond donors (Lipinski definition) is 1. The number of rotatable bonds is 6. The summed E-state index contributed by atoms with van der Waals surface area (Å²) in [5.41, 5.74) is 3.86. The molecule has 164 valence electrons. The monoisotopic (exact) mass is 448 g/mol. The van der Waals surface area contributed by atoms with Gasteiger partial charge in [-0.1, -0.05) is 23.5 Å². The highest BCUT2D eigenvalue weighted by molar-refractivity contribution is 7.20. The van der Waals surface area contributed by atoms with Crippen molar-refractivity contribution in [3.63, 3.8) is 0 Å². The molecule has 32 heavy (non-hydrogen) atoms. The van der Waals surface area contributed by atoms with E-state index < -0.39 is 0 Å². The van der Waals surface area contributed by atoms with E-state index in [0.717, 1.165) is 38.5 Å². The van der Waals surface area contributed by atoms with Crippen molar-refractivity contribution in [2.75, 3.05) is 18.5 Å². The molecule has 5 rings (SSSR count). The molecule has 2 aromatic carbocycles. The molecular weight excluding hydrogens is 424 g/mol. The second-order valence-corrected chi connectivity index (χ2v) is 8.63. The van der Waals surface area contributed by atoms with Crippen LogP contribution in [-0.2, 0) is 4.79 Å². The van der Waals surface area contributed by atoms with E-state index in [1.165, 1.54) is 11.3 Å². The first-order chi connectivity index (χ1) is 15.6. The summed E-state index contributed by atoms with van der Waals surface area (Å²) in [5.74, 6) is 2.24. The number of fused-ring (bicyclic) bond motifs is 2. The van der Waals surface area contributed by atoms with Gasteiger partial charge in [-0.05, 0) is 56.7 Å². The van der Waals surface area contributed by atoms with Gasteiger partial charge in [0.15, 0.2) is 0 Å². The molecule has 4 aromatic rings.